The zero-order chi connectivity index (χ0) is 20.4. The van der Waals surface area contributed by atoms with Crippen LogP contribution in [0.5, 0.6) is 11.5 Å². The molecule has 0 radical (unpaired) electrons. The molecule has 8 nitrogen and oxygen atoms in total. The number of ether oxygens (including phenoxy) is 2. The van der Waals surface area contributed by atoms with E-state index in [1.54, 1.807) is 18.9 Å². The normalized spacial score (nSPS) is 20.3. The van der Waals surface area contributed by atoms with Crippen molar-refractivity contribution in [1.29, 1.82) is 0 Å². The van der Waals surface area contributed by atoms with Crippen molar-refractivity contribution in [3.8, 4) is 11.5 Å². The highest BCUT2D eigenvalue weighted by atomic mass is 16.5. The van der Waals surface area contributed by atoms with Crippen LogP contribution in [0.3, 0.4) is 0 Å². The van der Waals surface area contributed by atoms with Gasteiger partial charge in [-0.15, -0.1) is 0 Å². The summed E-state index contributed by atoms with van der Waals surface area (Å²) in [6.07, 6.45) is 1.49. The fraction of sp³-hybridized carbons (Fsp3) is 0.286. The van der Waals surface area contributed by atoms with E-state index >= 15 is 0 Å². The lowest BCUT2D eigenvalue weighted by Crippen LogP contribution is -2.46. The van der Waals surface area contributed by atoms with Gasteiger partial charge in [0.25, 0.3) is 0 Å². The van der Waals surface area contributed by atoms with Crippen LogP contribution in [0, 0.1) is 5.92 Å². The second kappa shape index (κ2) is 7.83. The standard InChI is InChI=1S/C21H23N5O3/c1-13-18(20(27)25-16-6-4-5-7-17(16)29-3)19(26-21(24-13)22-12-23-26)14-8-10-15(28-2)11-9-14/h4-13,18-19H,1-3H3,(H,25,27)(H,22,23,24)/t13-,18-,19-/m1/s1. The largest absolute Gasteiger partial charge is 0.497 e. The Morgan fingerprint density at radius 1 is 1.10 bits per heavy atom. The summed E-state index contributed by atoms with van der Waals surface area (Å²) in [5.41, 5.74) is 1.58. The molecule has 0 unspecified atom stereocenters. The number of para-hydroxylation sites is 2. The minimum atomic E-state index is -0.428. The Hall–Kier alpha value is -3.55. The van der Waals surface area contributed by atoms with Crippen LogP contribution in [0.4, 0.5) is 11.6 Å². The lowest BCUT2D eigenvalue weighted by molar-refractivity contribution is -0.121. The van der Waals surface area contributed by atoms with Crippen LogP contribution in [0.25, 0.3) is 0 Å². The number of rotatable bonds is 5. The minimum absolute atomic E-state index is 0.128. The molecule has 3 aromatic rings. The van der Waals surface area contributed by atoms with Crippen molar-refractivity contribution >= 4 is 17.5 Å². The van der Waals surface area contributed by atoms with Crippen molar-refractivity contribution in [2.75, 3.05) is 24.9 Å². The van der Waals surface area contributed by atoms with E-state index in [1.807, 2.05) is 55.5 Å². The summed E-state index contributed by atoms with van der Waals surface area (Å²) in [5, 5.41) is 10.7. The number of hydrogen-bond acceptors (Lipinski definition) is 6. The Morgan fingerprint density at radius 2 is 1.86 bits per heavy atom. The highest BCUT2D eigenvalue weighted by Crippen LogP contribution is 2.37. The van der Waals surface area contributed by atoms with Crippen molar-refractivity contribution in [3.05, 3.63) is 60.4 Å². The van der Waals surface area contributed by atoms with E-state index in [0.29, 0.717) is 17.4 Å². The summed E-state index contributed by atoms with van der Waals surface area (Å²) in [7, 11) is 3.21. The van der Waals surface area contributed by atoms with Crippen LogP contribution >= 0.6 is 0 Å². The smallest absolute Gasteiger partial charge is 0.232 e. The number of carbonyl (C=O) groups is 1. The van der Waals surface area contributed by atoms with Gasteiger partial charge in [-0.2, -0.15) is 10.1 Å². The third-order valence-electron chi connectivity index (χ3n) is 5.20. The number of anilines is 2. The predicted molar refractivity (Wildman–Crippen MR) is 109 cm³/mol. The molecule has 8 heteroatoms. The number of aromatic nitrogens is 3. The maximum Gasteiger partial charge on any atom is 0.232 e. The zero-order valence-electron chi connectivity index (χ0n) is 16.5. The molecule has 0 spiro atoms. The first-order chi connectivity index (χ1) is 14.1. The molecule has 0 saturated heterocycles. The van der Waals surface area contributed by atoms with Gasteiger partial charge in [-0.25, -0.2) is 4.68 Å². The van der Waals surface area contributed by atoms with Crippen molar-refractivity contribution < 1.29 is 14.3 Å². The summed E-state index contributed by atoms with van der Waals surface area (Å²) < 4.78 is 12.4. The molecule has 0 aliphatic carbocycles. The Kier molecular flexibility index (Phi) is 5.07. The molecular weight excluding hydrogens is 370 g/mol. The molecule has 2 N–H and O–H groups in total. The van der Waals surface area contributed by atoms with Crippen molar-refractivity contribution in [2.24, 2.45) is 5.92 Å². The molecule has 4 rings (SSSR count). The molecule has 0 bridgehead atoms. The van der Waals surface area contributed by atoms with Gasteiger partial charge in [0.2, 0.25) is 11.9 Å². The van der Waals surface area contributed by atoms with E-state index in [2.05, 4.69) is 20.7 Å². The summed E-state index contributed by atoms with van der Waals surface area (Å²) in [6, 6.07) is 14.6. The predicted octanol–water partition coefficient (Wildman–Crippen LogP) is 2.95. The molecular formula is C21H23N5O3. The number of nitrogens with one attached hydrogen (secondary N) is 2. The van der Waals surface area contributed by atoms with Gasteiger partial charge in [0.15, 0.2) is 0 Å². The highest BCUT2D eigenvalue weighted by molar-refractivity contribution is 5.95. The Morgan fingerprint density at radius 3 is 2.59 bits per heavy atom. The van der Waals surface area contributed by atoms with E-state index in [0.717, 1.165) is 11.3 Å². The molecule has 1 aliphatic rings. The molecule has 1 amide bonds. The number of nitrogens with zero attached hydrogens (tertiary/aromatic N) is 3. The highest BCUT2D eigenvalue weighted by Gasteiger charge is 2.41. The topological polar surface area (TPSA) is 90.3 Å². The number of carbonyl (C=O) groups excluding carboxylic acids is 1. The molecule has 150 valence electrons. The lowest BCUT2D eigenvalue weighted by Gasteiger charge is -2.37. The third-order valence-corrected chi connectivity index (χ3v) is 5.20. The average Bonchev–Trinajstić information content (AvgIpc) is 3.21. The number of fused-ring (bicyclic) bond motifs is 1. The molecule has 1 aliphatic heterocycles. The summed E-state index contributed by atoms with van der Waals surface area (Å²) in [6.45, 7) is 1.97. The average molecular weight is 393 g/mol. The van der Waals surface area contributed by atoms with Gasteiger partial charge in [-0.1, -0.05) is 24.3 Å². The van der Waals surface area contributed by atoms with Crippen LogP contribution < -0.4 is 20.1 Å². The monoisotopic (exact) mass is 393 g/mol. The van der Waals surface area contributed by atoms with Crippen LogP contribution in [-0.4, -0.2) is 40.9 Å². The molecule has 3 atom stereocenters. The number of benzene rings is 2. The Balaban J connectivity index is 1.71. The molecule has 2 aromatic carbocycles. The van der Waals surface area contributed by atoms with Gasteiger partial charge in [0.05, 0.1) is 31.9 Å². The SMILES string of the molecule is COc1ccc([C@@H]2[C@H](C(=O)Nc3ccccc3OC)[C@@H](C)Nc3ncnn32)cc1. The quantitative estimate of drug-likeness (QED) is 0.693. The van der Waals surface area contributed by atoms with E-state index in [4.69, 9.17) is 9.47 Å². The van der Waals surface area contributed by atoms with Crippen LogP contribution in [0.1, 0.15) is 18.5 Å². The molecule has 2 heterocycles. The van der Waals surface area contributed by atoms with Crippen LogP contribution in [0.15, 0.2) is 54.9 Å². The first-order valence-corrected chi connectivity index (χ1v) is 9.36. The van der Waals surface area contributed by atoms with Gasteiger partial charge in [-0.3, -0.25) is 4.79 Å². The van der Waals surface area contributed by atoms with E-state index < -0.39 is 5.92 Å². The second-order valence-corrected chi connectivity index (χ2v) is 6.89. The van der Waals surface area contributed by atoms with Gasteiger partial charge in [-0.05, 0) is 36.8 Å². The first kappa shape index (κ1) is 18.8. The van der Waals surface area contributed by atoms with Crippen molar-refractivity contribution in [1.82, 2.24) is 14.8 Å². The Bertz CT molecular complexity index is 1000. The lowest BCUT2D eigenvalue weighted by atomic mass is 9.85. The molecule has 29 heavy (non-hydrogen) atoms. The minimum Gasteiger partial charge on any atom is -0.497 e. The second-order valence-electron chi connectivity index (χ2n) is 6.89. The summed E-state index contributed by atoms with van der Waals surface area (Å²) in [5.74, 6) is 1.45. The van der Waals surface area contributed by atoms with Gasteiger partial charge < -0.3 is 20.1 Å². The molecule has 1 aromatic heterocycles. The van der Waals surface area contributed by atoms with Gasteiger partial charge in [0.1, 0.15) is 17.8 Å². The Labute approximate surface area is 168 Å². The third kappa shape index (κ3) is 3.49. The van der Waals surface area contributed by atoms with Gasteiger partial charge >= 0.3 is 0 Å². The summed E-state index contributed by atoms with van der Waals surface area (Å²) in [4.78, 5) is 17.7. The van der Waals surface area contributed by atoms with Crippen LogP contribution in [-0.2, 0) is 4.79 Å². The van der Waals surface area contributed by atoms with Gasteiger partial charge in [0, 0.05) is 6.04 Å². The maximum absolute atomic E-state index is 13.4. The van der Waals surface area contributed by atoms with Crippen molar-refractivity contribution in [3.63, 3.8) is 0 Å². The summed E-state index contributed by atoms with van der Waals surface area (Å²) >= 11 is 0. The van der Waals surface area contributed by atoms with E-state index in [9.17, 15) is 4.79 Å². The molecule has 0 fully saturated rings. The number of hydrogen-bond donors (Lipinski definition) is 2. The molecule has 0 saturated carbocycles. The first-order valence-electron chi connectivity index (χ1n) is 9.36. The number of amides is 1. The maximum atomic E-state index is 13.4. The van der Waals surface area contributed by atoms with E-state index in [1.165, 1.54) is 6.33 Å². The van der Waals surface area contributed by atoms with E-state index in [-0.39, 0.29) is 18.0 Å². The van der Waals surface area contributed by atoms with Crippen LogP contribution in [0.2, 0.25) is 0 Å². The number of methoxy groups -OCH3 is 2. The van der Waals surface area contributed by atoms with Crippen molar-refractivity contribution in [2.45, 2.75) is 19.0 Å². The zero-order valence-corrected chi connectivity index (χ0v) is 16.5. The fourth-order valence-corrected chi connectivity index (χ4v) is 3.76. The fourth-order valence-electron chi connectivity index (χ4n) is 3.76.